The van der Waals surface area contributed by atoms with Gasteiger partial charge in [0.15, 0.2) is 17.3 Å². The fraction of sp³-hybridized carbons (Fsp3) is 0.517. The Bertz CT molecular complexity index is 1000. The summed E-state index contributed by atoms with van der Waals surface area (Å²) in [6, 6.07) is 0. The van der Waals surface area contributed by atoms with Gasteiger partial charge in [0.1, 0.15) is 0 Å². The Labute approximate surface area is 209 Å². The van der Waals surface area contributed by atoms with Crippen molar-refractivity contribution in [1.29, 1.82) is 0 Å². The van der Waals surface area contributed by atoms with Gasteiger partial charge in [0.2, 0.25) is 0 Å². The molecule has 0 spiro atoms. The molecule has 0 saturated carbocycles. The number of rotatable bonds is 11. The number of ether oxygens (including phenoxy) is 2. The lowest BCUT2D eigenvalue weighted by atomic mass is 9.88. The lowest BCUT2D eigenvalue weighted by molar-refractivity contribution is -0.148. The first-order valence-electron chi connectivity index (χ1n) is 12.2. The minimum absolute atomic E-state index is 0.0974. The first-order valence-corrected chi connectivity index (χ1v) is 12.2. The molecule has 6 heteroatoms. The predicted octanol–water partition coefficient (Wildman–Crippen LogP) is 6.48. The summed E-state index contributed by atoms with van der Waals surface area (Å²) >= 11 is 0. The summed E-state index contributed by atoms with van der Waals surface area (Å²) < 4.78 is 10.8. The van der Waals surface area contributed by atoms with Crippen LogP contribution in [0, 0.1) is 11.8 Å². The van der Waals surface area contributed by atoms with Gasteiger partial charge in [-0.25, -0.2) is 0 Å². The summed E-state index contributed by atoms with van der Waals surface area (Å²) in [6.45, 7) is 16.3. The Morgan fingerprint density at radius 1 is 0.686 bits per heavy atom. The Kier molecular flexibility index (Phi) is 11.8. The van der Waals surface area contributed by atoms with E-state index in [0.29, 0.717) is 0 Å². The van der Waals surface area contributed by atoms with Gasteiger partial charge in [-0.3, -0.25) is 19.2 Å². The second kappa shape index (κ2) is 13.8. The lowest BCUT2D eigenvalue weighted by Gasteiger charge is -2.23. The second-order valence-electron chi connectivity index (χ2n) is 9.99. The van der Waals surface area contributed by atoms with Crippen LogP contribution in [0.3, 0.4) is 0 Å². The maximum Gasteiger partial charge on any atom is 0.313 e. The molecule has 0 N–H and O–H groups in total. The molecule has 0 heterocycles. The molecule has 0 aromatic rings. The fourth-order valence-corrected chi connectivity index (χ4v) is 3.06. The van der Waals surface area contributed by atoms with E-state index >= 15 is 0 Å². The van der Waals surface area contributed by atoms with Crippen LogP contribution in [0.5, 0.6) is 0 Å². The van der Waals surface area contributed by atoms with E-state index in [1.807, 2.05) is 40.7 Å². The maximum atomic E-state index is 13.6. The molecular weight excluding hydrogens is 444 g/mol. The predicted molar refractivity (Wildman–Crippen MR) is 137 cm³/mol. The molecule has 0 atom stereocenters. The summed E-state index contributed by atoms with van der Waals surface area (Å²) in [5, 5.41) is 0. The van der Waals surface area contributed by atoms with Gasteiger partial charge in [-0.15, -0.1) is 0 Å². The summed E-state index contributed by atoms with van der Waals surface area (Å²) in [6.07, 6.45) is 7.75. The second-order valence-corrected chi connectivity index (χ2v) is 9.99. The minimum Gasteiger partial charge on any atom is -0.422 e. The van der Waals surface area contributed by atoms with Crippen molar-refractivity contribution < 1.29 is 28.7 Å². The molecule has 0 saturated heterocycles. The SMILES string of the molecule is CC(C)=CCCC(C)=CCC1=C(OC(=O)C(C)C)C(=O)C(OC(=O)C(C)C)=C(CC=C(C)C)C1=O. The fourth-order valence-electron chi connectivity index (χ4n) is 3.06. The maximum absolute atomic E-state index is 13.6. The number of carbonyl (C=O) groups is 4. The lowest BCUT2D eigenvalue weighted by Crippen LogP contribution is -2.30. The zero-order valence-corrected chi connectivity index (χ0v) is 22.7. The largest absolute Gasteiger partial charge is 0.422 e. The normalized spacial score (nSPS) is 14.5. The van der Waals surface area contributed by atoms with E-state index in [4.69, 9.17) is 9.47 Å². The van der Waals surface area contributed by atoms with Crippen LogP contribution in [0.15, 0.2) is 57.6 Å². The molecule has 1 aliphatic carbocycles. The van der Waals surface area contributed by atoms with Crippen LogP contribution in [-0.4, -0.2) is 23.5 Å². The highest BCUT2D eigenvalue weighted by Crippen LogP contribution is 2.32. The Balaban J connectivity index is 3.54. The van der Waals surface area contributed by atoms with Crippen LogP contribution in [-0.2, 0) is 28.7 Å². The molecule has 0 aromatic carbocycles. The highest BCUT2D eigenvalue weighted by atomic mass is 16.6. The van der Waals surface area contributed by atoms with Gasteiger partial charge in [0.25, 0.3) is 5.78 Å². The highest BCUT2D eigenvalue weighted by molar-refractivity contribution is 6.24. The summed E-state index contributed by atoms with van der Waals surface area (Å²) in [7, 11) is 0. The van der Waals surface area contributed by atoms with E-state index in [1.165, 1.54) is 5.57 Å². The van der Waals surface area contributed by atoms with Crippen molar-refractivity contribution in [3.05, 3.63) is 57.6 Å². The van der Waals surface area contributed by atoms with Crippen molar-refractivity contribution in [2.24, 2.45) is 11.8 Å². The summed E-state index contributed by atoms with van der Waals surface area (Å²) in [4.78, 5) is 51.8. The monoisotopic (exact) mass is 484 g/mol. The third-order valence-electron chi connectivity index (χ3n) is 5.32. The van der Waals surface area contributed by atoms with Crippen LogP contribution >= 0.6 is 0 Å². The third-order valence-corrected chi connectivity index (χ3v) is 5.32. The standard InChI is InChI=1S/C29H40O6/c1-17(2)11-10-12-21(9)14-16-23-24(30)22(15-13-18(3)4)26(34-28(32)19(5)6)25(31)27(23)35-29(33)20(7)8/h11,13-14,19-20H,10,12,15-16H2,1-9H3. The molecule has 0 bridgehead atoms. The van der Waals surface area contributed by atoms with E-state index in [9.17, 15) is 19.2 Å². The number of ketones is 2. The van der Waals surface area contributed by atoms with Crippen molar-refractivity contribution >= 4 is 23.5 Å². The molecule has 1 aliphatic rings. The molecule has 0 radical (unpaired) electrons. The Morgan fingerprint density at radius 2 is 1.11 bits per heavy atom. The zero-order chi connectivity index (χ0) is 26.9. The van der Waals surface area contributed by atoms with Crippen LogP contribution < -0.4 is 0 Å². The van der Waals surface area contributed by atoms with E-state index in [0.717, 1.165) is 24.0 Å². The van der Waals surface area contributed by atoms with Gasteiger partial charge < -0.3 is 9.47 Å². The molecule has 192 valence electrons. The average molecular weight is 485 g/mol. The molecule has 0 fully saturated rings. The van der Waals surface area contributed by atoms with E-state index in [2.05, 4.69) is 6.08 Å². The number of allylic oxidation sites excluding steroid dienone is 8. The molecular formula is C29H40O6. The van der Waals surface area contributed by atoms with Crippen molar-refractivity contribution in [1.82, 2.24) is 0 Å². The van der Waals surface area contributed by atoms with E-state index < -0.39 is 35.3 Å². The average Bonchev–Trinajstić information content (AvgIpc) is 2.75. The number of hydrogen-bond acceptors (Lipinski definition) is 6. The Hall–Kier alpha value is -3.02. The van der Waals surface area contributed by atoms with Gasteiger partial charge in [-0.1, -0.05) is 62.6 Å². The molecule has 0 unspecified atom stereocenters. The first kappa shape index (κ1) is 30.0. The zero-order valence-electron chi connectivity index (χ0n) is 22.7. The number of carbonyl (C=O) groups excluding carboxylic acids is 4. The molecule has 1 rings (SSSR count). The topological polar surface area (TPSA) is 86.7 Å². The van der Waals surface area contributed by atoms with E-state index in [1.54, 1.807) is 33.8 Å². The van der Waals surface area contributed by atoms with Gasteiger partial charge in [-0.2, -0.15) is 0 Å². The van der Waals surface area contributed by atoms with Gasteiger partial charge >= 0.3 is 11.9 Å². The number of hydrogen-bond donors (Lipinski definition) is 0. The van der Waals surface area contributed by atoms with Crippen molar-refractivity contribution in [2.45, 2.75) is 88.0 Å². The first-order chi connectivity index (χ1) is 16.3. The number of esters is 2. The smallest absolute Gasteiger partial charge is 0.313 e. The van der Waals surface area contributed by atoms with Gasteiger partial charge in [0.05, 0.1) is 23.0 Å². The molecule has 0 aliphatic heterocycles. The van der Waals surface area contributed by atoms with Crippen molar-refractivity contribution in [3.8, 4) is 0 Å². The van der Waals surface area contributed by atoms with Crippen LogP contribution in [0.25, 0.3) is 0 Å². The molecule has 0 amide bonds. The highest BCUT2D eigenvalue weighted by Gasteiger charge is 2.39. The summed E-state index contributed by atoms with van der Waals surface area (Å²) in [5.41, 5.74) is 3.43. The van der Waals surface area contributed by atoms with E-state index in [-0.39, 0.29) is 35.5 Å². The summed E-state index contributed by atoms with van der Waals surface area (Å²) in [5.74, 6) is -4.20. The molecule has 35 heavy (non-hydrogen) atoms. The molecule has 0 aromatic heterocycles. The Morgan fingerprint density at radius 3 is 1.51 bits per heavy atom. The van der Waals surface area contributed by atoms with Crippen LogP contribution in [0.4, 0.5) is 0 Å². The van der Waals surface area contributed by atoms with Crippen molar-refractivity contribution in [3.63, 3.8) is 0 Å². The van der Waals surface area contributed by atoms with Gasteiger partial charge in [-0.05, 0) is 60.3 Å². The molecule has 6 nitrogen and oxygen atoms in total. The van der Waals surface area contributed by atoms with Crippen LogP contribution in [0.1, 0.15) is 88.0 Å². The van der Waals surface area contributed by atoms with Gasteiger partial charge in [0, 0.05) is 0 Å². The minimum atomic E-state index is -0.754. The number of Topliss-reactive ketones (excluding diaryl/α,β-unsaturated/α-hetero) is 2. The van der Waals surface area contributed by atoms with Crippen LogP contribution in [0.2, 0.25) is 0 Å². The third kappa shape index (κ3) is 9.27. The quantitative estimate of drug-likeness (QED) is 0.189. The van der Waals surface area contributed by atoms with Crippen molar-refractivity contribution in [2.75, 3.05) is 0 Å².